The number of halogens is 3. The molecule has 0 radical (unpaired) electrons. The molecule has 0 aliphatic rings. The summed E-state index contributed by atoms with van der Waals surface area (Å²) >= 11 is 1.36. The SMILES string of the molecule is Cc1nc(CC(=O)N(C)[C@@H](c2ccccc2)C(F)(F)F)cs1. The molecule has 0 aliphatic carbocycles. The molecule has 118 valence electrons. The van der Waals surface area contributed by atoms with Crippen LogP contribution in [0, 0.1) is 6.92 Å². The first kappa shape index (κ1) is 16.5. The number of carbonyl (C=O) groups is 1. The highest BCUT2D eigenvalue weighted by Gasteiger charge is 2.45. The van der Waals surface area contributed by atoms with Crippen LogP contribution in [0.2, 0.25) is 0 Å². The van der Waals surface area contributed by atoms with Crippen molar-refractivity contribution < 1.29 is 18.0 Å². The summed E-state index contributed by atoms with van der Waals surface area (Å²) in [5.41, 5.74) is 0.536. The zero-order valence-electron chi connectivity index (χ0n) is 12.1. The van der Waals surface area contributed by atoms with Crippen molar-refractivity contribution in [2.75, 3.05) is 7.05 Å². The van der Waals surface area contributed by atoms with Crippen molar-refractivity contribution in [3.63, 3.8) is 0 Å². The lowest BCUT2D eigenvalue weighted by atomic mass is 10.0. The summed E-state index contributed by atoms with van der Waals surface area (Å²) in [6.07, 6.45) is -4.68. The maximum absolute atomic E-state index is 13.4. The van der Waals surface area contributed by atoms with Gasteiger partial charge in [-0.1, -0.05) is 30.3 Å². The molecule has 0 N–H and O–H groups in total. The van der Waals surface area contributed by atoms with Gasteiger partial charge in [-0.3, -0.25) is 4.79 Å². The summed E-state index contributed by atoms with van der Waals surface area (Å²) in [7, 11) is 1.17. The standard InChI is InChI=1S/C15H15F3N2OS/c1-10-19-12(9-22-10)8-13(21)20(2)14(15(16,17)18)11-6-4-3-5-7-11/h3-7,9,14H,8H2,1-2H3/t14-/m0/s1. The van der Waals surface area contributed by atoms with E-state index in [9.17, 15) is 18.0 Å². The first-order valence-electron chi connectivity index (χ1n) is 6.57. The van der Waals surface area contributed by atoms with Crippen LogP contribution in [-0.4, -0.2) is 29.0 Å². The van der Waals surface area contributed by atoms with Gasteiger partial charge in [0.1, 0.15) is 0 Å². The molecule has 0 aliphatic heterocycles. The van der Waals surface area contributed by atoms with Crippen LogP contribution in [0.25, 0.3) is 0 Å². The number of benzene rings is 1. The molecule has 1 aromatic heterocycles. The van der Waals surface area contributed by atoms with Gasteiger partial charge in [-0.15, -0.1) is 11.3 Å². The molecule has 1 aromatic carbocycles. The Bertz CT molecular complexity index is 640. The highest BCUT2D eigenvalue weighted by molar-refractivity contribution is 7.09. The summed E-state index contributed by atoms with van der Waals surface area (Å²) < 4.78 is 40.1. The molecule has 0 saturated carbocycles. The topological polar surface area (TPSA) is 33.2 Å². The molecule has 7 heteroatoms. The van der Waals surface area contributed by atoms with Crippen LogP contribution in [0.4, 0.5) is 13.2 Å². The van der Waals surface area contributed by atoms with Crippen LogP contribution in [0.5, 0.6) is 0 Å². The summed E-state index contributed by atoms with van der Waals surface area (Å²) in [5, 5.41) is 2.47. The maximum atomic E-state index is 13.4. The molecule has 0 unspecified atom stereocenters. The van der Waals surface area contributed by atoms with E-state index in [0.717, 1.165) is 9.91 Å². The van der Waals surface area contributed by atoms with Crippen molar-refractivity contribution in [1.82, 2.24) is 9.88 Å². The predicted octanol–water partition coefficient (Wildman–Crippen LogP) is 3.76. The molecule has 1 atom stereocenters. The molecule has 0 bridgehead atoms. The fourth-order valence-corrected chi connectivity index (χ4v) is 2.79. The number of carbonyl (C=O) groups excluding carboxylic acids is 1. The number of rotatable bonds is 4. The van der Waals surface area contributed by atoms with E-state index in [0.29, 0.717) is 5.69 Å². The molecule has 0 fully saturated rings. The average molecular weight is 328 g/mol. The Kier molecular flexibility index (Phi) is 4.85. The molecule has 2 aromatic rings. The highest BCUT2D eigenvalue weighted by atomic mass is 32.1. The van der Waals surface area contributed by atoms with Gasteiger partial charge in [-0.05, 0) is 12.5 Å². The number of thiazole rings is 1. The lowest BCUT2D eigenvalue weighted by Crippen LogP contribution is -2.40. The van der Waals surface area contributed by atoms with Crippen LogP contribution in [-0.2, 0) is 11.2 Å². The minimum atomic E-state index is -4.54. The van der Waals surface area contributed by atoms with Crippen LogP contribution in [0.1, 0.15) is 22.3 Å². The number of amides is 1. The van der Waals surface area contributed by atoms with E-state index in [1.165, 1.54) is 42.6 Å². The average Bonchev–Trinajstić information content (AvgIpc) is 2.83. The first-order chi connectivity index (χ1) is 10.3. The van der Waals surface area contributed by atoms with Gasteiger partial charge in [0.25, 0.3) is 0 Å². The van der Waals surface area contributed by atoms with Crippen molar-refractivity contribution in [1.29, 1.82) is 0 Å². The molecule has 2 rings (SSSR count). The van der Waals surface area contributed by atoms with Crippen molar-refractivity contribution in [2.24, 2.45) is 0 Å². The first-order valence-corrected chi connectivity index (χ1v) is 7.45. The number of aromatic nitrogens is 1. The van der Waals surface area contributed by atoms with Crippen LogP contribution < -0.4 is 0 Å². The van der Waals surface area contributed by atoms with Gasteiger partial charge >= 0.3 is 6.18 Å². The zero-order valence-corrected chi connectivity index (χ0v) is 12.9. The van der Waals surface area contributed by atoms with E-state index in [-0.39, 0.29) is 12.0 Å². The minimum absolute atomic E-state index is 0.0420. The van der Waals surface area contributed by atoms with Gasteiger partial charge in [-0.25, -0.2) is 4.98 Å². The molecular formula is C15H15F3N2OS. The second-order valence-electron chi connectivity index (χ2n) is 4.89. The molecular weight excluding hydrogens is 313 g/mol. The Balaban J connectivity index is 2.22. The van der Waals surface area contributed by atoms with Crippen LogP contribution in [0.15, 0.2) is 35.7 Å². The van der Waals surface area contributed by atoms with Crippen molar-refractivity contribution in [2.45, 2.75) is 25.6 Å². The predicted molar refractivity (Wildman–Crippen MR) is 78.6 cm³/mol. The van der Waals surface area contributed by atoms with Crippen LogP contribution >= 0.6 is 11.3 Å². The molecule has 1 heterocycles. The number of alkyl halides is 3. The Hall–Kier alpha value is -1.89. The third-order valence-electron chi connectivity index (χ3n) is 3.20. The smallest absolute Gasteiger partial charge is 0.330 e. The van der Waals surface area contributed by atoms with E-state index >= 15 is 0 Å². The number of nitrogens with zero attached hydrogens (tertiary/aromatic N) is 2. The molecule has 1 amide bonds. The Morgan fingerprint density at radius 3 is 2.45 bits per heavy atom. The second kappa shape index (κ2) is 6.48. The van der Waals surface area contributed by atoms with Gasteiger partial charge in [0, 0.05) is 12.4 Å². The summed E-state index contributed by atoms with van der Waals surface area (Å²) in [4.78, 5) is 17.0. The number of hydrogen-bond donors (Lipinski definition) is 0. The van der Waals surface area contributed by atoms with Crippen molar-refractivity contribution in [3.05, 3.63) is 52.0 Å². The van der Waals surface area contributed by atoms with E-state index in [1.54, 1.807) is 18.4 Å². The van der Waals surface area contributed by atoms with Gasteiger partial charge in [0.15, 0.2) is 6.04 Å². The van der Waals surface area contributed by atoms with E-state index in [2.05, 4.69) is 4.98 Å². The lowest BCUT2D eigenvalue weighted by molar-refractivity contribution is -0.188. The largest absolute Gasteiger partial charge is 0.413 e. The molecule has 0 saturated heterocycles. The lowest BCUT2D eigenvalue weighted by Gasteiger charge is -2.30. The molecule has 0 spiro atoms. The summed E-state index contributed by atoms with van der Waals surface area (Å²) in [6.45, 7) is 1.78. The maximum Gasteiger partial charge on any atom is 0.413 e. The van der Waals surface area contributed by atoms with Gasteiger partial charge in [0.05, 0.1) is 17.1 Å². The number of aryl methyl sites for hydroxylation is 1. The normalized spacial score (nSPS) is 13.0. The van der Waals surface area contributed by atoms with Crippen molar-refractivity contribution in [3.8, 4) is 0 Å². The summed E-state index contributed by atoms with van der Waals surface area (Å²) in [6, 6.07) is 5.47. The third-order valence-corrected chi connectivity index (χ3v) is 4.03. The minimum Gasteiger partial charge on any atom is -0.330 e. The molecule has 3 nitrogen and oxygen atoms in total. The van der Waals surface area contributed by atoms with Gasteiger partial charge in [0.2, 0.25) is 5.91 Å². The van der Waals surface area contributed by atoms with Gasteiger partial charge in [-0.2, -0.15) is 13.2 Å². The van der Waals surface area contributed by atoms with E-state index in [4.69, 9.17) is 0 Å². The van der Waals surface area contributed by atoms with Gasteiger partial charge < -0.3 is 4.90 Å². The third kappa shape index (κ3) is 3.85. The quantitative estimate of drug-likeness (QED) is 0.856. The number of likely N-dealkylation sites (N-methyl/N-ethyl adjacent to an activating group) is 1. The number of hydrogen-bond acceptors (Lipinski definition) is 3. The zero-order chi connectivity index (χ0) is 16.3. The Morgan fingerprint density at radius 2 is 1.95 bits per heavy atom. The fraction of sp³-hybridized carbons (Fsp3) is 0.333. The van der Waals surface area contributed by atoms with Crippen LogP contribution in [0.3, 0.4) is 0 Å². The van der Waals surface area contributed by atoms with E-state index < -0.39 is 18.1 Å². The van der Waals surface area contributed by atoms with Crippen molar-refractivity contribution >= 4 is 17.2 Å². The highest BCUT2D eigenvalue weighted by Crippen LogP contribution is 2.37. The molecule has 22 heavy (non-hydrogen) atoms. The monoisotopic (exact) mass is 328 g/mol. The summed E-state index contributed by atoms with van der Waals surface area (Å²) in [5.74, 6) is -0.614. The Morgan fingerprint density at radius 1 is 1.32 bits per heavy atom. The second-order valence-corrected chi connectivity index (χ2v) is 5.96. The Labute approximate surface area is 130 Å². The fourth-order valence-electron chi connectivity index (χ4n) is 2.18. The van der Waals surface area contributed by atoms with E-state index in [1.807, 2.05) is 0 Å².